The lowest BCUT2D eigenvalue weighted by molar-refractivity contribution is 0.101. The number of nitrogens with one attached hydrogen (secondary N) is 1. The minimum atomic E-state index is -0.540. The summed E-state index contributed by atoms with van der Waals surface area (Å²) in [5, 5.41) is 8.19. The molecule has 0 amide bonds. The second-order valence-corrected chi connectivity index (χ2v) is 5.13. The molecule has 126 valence electrons. The third-order valence-corrected chi connectivity index (χ3v) is 3.51. The maximum atomic E-state index is 13.0. The molecule has 0 aliphatic heterocycles. The average molecular weight is 330 g/mol. The van der Waals surface area contributed by atoms with Gasteiger partial charge in [-0.3, -0.25) is 9.89 Å². The van der Waals surface area contributed by atoms with Crippen LogP contribution in [0.4, 0.5) is 4.39 Å². The Kier molecular flexibility index (Phi) is 5.52. The smallest absolute Gasteiger partial charge is 0.162 e. The van der Waals surface area contributed by atoms with Crippen LogP contribution in [-0.2, 0) is 0 Å². The summed E-state index contributed by atoms with van der Waals surface area (Å²) in [6.45, 7) is 3.33. The van der Waals surface area contributed by atoms with Crippen LogP contribution in [0.25, 0.3) is 10.9 Å². The second kappa shape index (κ2) is 7.59. The first-order chi connectivity index (χ1) is 11.5. The lowest BCUT2D eigenvalue weighted by atomic mass is 10.1. The molecule has 0 aliphatic rings. The lowest BCUT2D eigenvalue weighted by Crippen LogP contribution is -1.97. The van der Waals surface area contributed by atoms with E-state index in [2.05, 4.69) is 10.2 Å². The fraction of sp³-hybridized carbons (Fsp3) is 0.222. The number of halogens is 1. The van der Waals surface area contributed by atoms with Gasteiger partial charge in [0.25, 0.3) is 0 Å². The summed E-state index contributed by atoms with van der Waals surface area (Å²) in [6, 6.07) is 10.0. The maximum Gasteiger partial charge on any atom is 0.162 e. The van der Waals surface area contributed by atoms with Crippen LogP contribution < -0.4 is 9.47 Å². The van der Waals surface area contributed by atoms with E-state index in [1.807, 2.05) is 25.1 Å². The van der Waals surface area contributed by atoms with Crippen molar-refractivity contribution in [3.8, 4) is 11.5 Å². The normalized spacial score (nSPS) is 10.0. The SMILES string of the molecule is COc1ccc(C(C)=O)c(F)c1.COc1ccc2c(C)[nH]nc2c1. The van der Waals surface area contributed by atoms with Gasteiger partial charge in [-0.25, -0.2) is 4.39 Å². The quantitative estimate of drug-likeness (QED) is 0.739. The molecule has 0 bridgehead atoms. The number of Topliss-reactive ketones (excluding diaryl/α,β-unsaturated/α-hetero) is 1. The Morgan fingerprint density at radius 2 is 1.71 bits per heavy atom. The molecule has 0 unspecified atom stereocenters. The van der Waals surface area contributed by atoms with E-state index in [-0.39, 0.29) is 11.3 Å². The zero-order chi connectivity index (χ0) is 17.7. The van der Waals surface area contributed by atoms with Crippen LogP contribution >= 0.6 is 0 Å². The van der Waals surface area contributed by atoms with Crippen molar-refractivity contribution < 1.29 is 18.7 Å². The molecule has 1 heterocycles. The van der Waals surface area contributed by atoms with Gasteiger partial charge in [0.2, 0.25) is 0 Å². The Bertz CT molecular complexity index is 859. The number of methoxy groups -OCH3 is 2. The van der Waals surface area contributed by atoms with E-state index in [0.29, 0.717) is 5.75 Å². The number of ether oxygens (including phenoxy) is 2. The van der Waals surface area contributed by atoms with Crippen molar-refractivity contribution in [2.45, 2.75) is 13.8 Å². The van der Waals surface area contributed by atoms with Crippen LogP contribution in [0.5, 0.6) is 11.5 Å². The minimum Gasteiger partial charge on any atom is -0.497 e. The highest BCUT2D eigenvalue weighted by atomic mass is 19.1. The molecule has 3 aromatic rings. The number of rotatable bonds is 3. The number of aromatic nitrogens is 2. The van der Waals surface area contributed by atoms with E-state index < -0.39 is 5.82 Å². The Morgan fingerprint density at radius 3 is 2.29 bits per heavy atom. The fourth-order valence-electron chi connectivity index (χ4n) is 2.16. The molecule has 6 heteroatoms. The molecule has 1 N–H and O–H groups in total. The van der Waals surface area contributed by atoms with Gasteiger partial charge in [-0.1, -0.05) is 0 Å². The van der Waals surface area contributed by atoms with Gasteiger partial charge in [-0.15, -0.1) is 0 Å². The summed E-state index contributed by atoms with van der Waals surface area (Å²) < 4.78 is 22.8. The molecule has 2 aromatic carbocycles. The first-order valence-electron chi connectivity index (χ1n) is 7.29. The Morgan fingerprint density at radius 1 is 1.08 bits per heavy atom. The monoisotopic (exact) mass is 330 g/mol. The van der Waals surface area contributed by atoms with Crippen LogP contribution in [0.3, 0.4) is 0 Å². The molecule has 0 saturated heterocycles. The summed E-state index contributed by atoms with van der Waals surface area (Å²) in [4.78, 5) is 10.8. The number of carbonyl (C=O) groups is 1. The molecule has 0 aliphatic carbocycles. The second-order valence-electron chi connectivity index (χ2n) is 5.13. The van der Waals surface area contributed by atoms with E-state index in [0.717, 1.165) is 22.3 Å². The topological polar surface area (TPSA) is 64.2 Å². The lowest BCUT2D eigenvalue weighted by Gasteiger charge is -2.01. The number of ketones is 1. The van der Waals surface area contributed by atoms with E-state index >= 15 is 0 Å². The summed E-state index contributed by atoms with van der Waals surface area (Å²) in [5.74, 6) is 0.434. The molecule has 24 heavy (non-hydrogen) atoms. The molecular formula is C18H19FN2O3. The molecule has 3 rings (SSSR count). The van der Waals surface area contributed by atoms with Crippen molar-refractivity contribution in [1.82, 2.24) is 10.2 Å². The fourth-order valence-corrected chi connectivity index (χ4v) is 2.16. The highest BCUT2D eigenvalue weighted by Crippen LogP contribution is 2.20. The van der Waals surface area contributed by atoms with Gasteiger partial charge >= 0.3 is 0 Å². The zero-order valence-corrected chi connectivity index (χ0v) is 14.0. The number of H-pyrrole nitrogens is 1. The Balaban J connectivity index is 0.000000174. The molecule has 0 fully saturated rings. The van der Waals surface area contributed by atoms with Crippen LogP contribution in [0.15, 0.2) is 36.4 Å². The third-order valence-electron chi connectivity index (χ3n) is 3.51. The number of fused-ring (bicyclic) bond motifs is 1. The summed E-state index contributed by atoms with van der Waals surface area (Å²) in [6.07, 6.45) is 0. The molecular weight excluding hydrogens is 311 g/mol. The predicted octanol–water partition coefficient (Wildman–Crippen LogP) is 3.92. The van der Waals surface area contributed by atoms with Crippen LogP contribution in [0.2, 0.25) is 0 Å². The standard InChI is InChI=1S/C9H9FO2.C9H10N2O/c1-6(11)8-4-3-7(12-2)5-9(8)10;1-6-8-4-3-7(12-2)5-9(8)11-10-6/h3-5H,1-2H3;3-5H,1-2H3,(H,10,11). The van der Waals surface area contributed by atoms with Gasteiger partial charge in [0.05, 0.1) is 25.3 Å². The van der Waals surface area contributed by atoms with Gasteiger partial charge in [0.15, 0.2) is 5.78 Å². The number of benzene rings is 2. The minimum absolute atomic E-state index is 0.0933. The van der Waals surface area contributed by atoms with Gasteiger partial charge in [-0.05, 0) is 38.1 Å². The first-order valence-corrected chi connectivity index (χ1v) is 7.29. The van der Waals surface area contributed by atoms with Crippen molar-refractivity contribution in [1.29, 1.82) is 0 Å². The predicted molar refractivity (Wildman–Crippen MR) is 90.3 cm³/mol. The van der Waals surface area contributed by atoms with E-state index in [1.165, 1.54) is 26.2 Å². The maximum absolute atomic E-state index is 13.0. The zero-order valence-electron chi connectivity index (χ0n) is 14.0. The van der Waals surface area contributed by atoms with E-state index in [1.54, 1.807) is 13.2 Å². The Hall–Kier alpha value is -2.89. The van der Waals surface area contributed by atoms with Crippen LogP contribution in [-0.4, -0.2) is 30.2 Å². The van der Waals surface area contributed by atoms with Crippen molar-refractivity contribution in [3.63, 3.8) is 0 Å². The number of aryl methyl sites for hydroxylation is 1. The van der Waals surface area contributed by atoms with Gasteiger partial charge in [0.1, 0.15) is 17.3 Å². The largest absolute Gasteiger partial charge is 0.497 e. The van der Waals surface area contributed by atoms with Crippen LogP contribution in [0.1, 0.15) is 23.0 Å². The summed E-state index contributed by atoms with van der Waals surface area (Å²) in [7, 11) is 3.10. The van der Waals surface area contributed by atoms with Gasteiger partial charge in [0, 0.05) is 23.2 Å². The number of hydrogen-bond acceptors (Lipinski definition) is 4. The van der Waals surface area contributed by atoms with Crippen molar-refractivity contribution in [3.05, 3.63) is 53.5 Å². The highest BCUT2D eigenvalue weighted by molar-refractivity contribution is 5.94. The van der Waals surface area contributed by atoms with Gasteiger partial charge in [-0.2, -0.15) is 5.10 Å². The van der Waals surface area contributed by atoms with Crippen LogP contribution in [0, 0.1) is 12.7 Å². The third kappa shape index (κ3) is 3.90. The first kappa shape index (κ1) is 17.5. The summed E-state index contributed by atoms with van der Waals surface area (Å²) >= 11 is 0. The van der Waals surface area contributed by atoms with E-state index in [4.69, 9.17) is 9.47 Å². The average Bonchev–Trinajstić information content (AvgIpc) is 2.95. The number of aromatic amines is 1. The number of nitrogens with zero attached hydrogens (tertiary/aromatic N) is 1. The highest BCUT2D eigenvalue weighted by Gasteiger charge is 2.07. The van der Waals surface area contributed by atoms with Crippen molar-refractivity contribution in [2.75, 3.05) is 14.2 Å². The number of hydrogen-bond donors (Lipinski definition) is 1. The van der Waals surface area contributed by atoms with Gasteiger partial charge < -0.3 is 9.47 Å². The Labute approximate surface area is 139 Å². The molecule has 0 radical (unpaired) electrons. The molecule has 0 spiro atoms. The van der Waals surface area contributed by atoms with Crippen molar-refractivity contribution in [2.24, 2.45) is 0 Å². The molecule has 0 saturated carbocycles. The van der Waals surface area contributed by atoms with E-state index in [9.17, 15) is 9.18 Å². The molecule has 0 atom stereocenters. The molecule has 5 nitrogen and oxygen atoms in total. The molecule has 1 aromatic heterocycles. The van der Waals surface area contributed by atoms with Crippen molar-refractivity contribution >= 4 is 16.7 Å². The summed E-state index contributed by atoms with van der Waals surface area (Å²) in [5.41, 5.74) is 2.13. The number of carbonyl (C=O) groups excluding carboxylic acids is 1.